The smallest absolute Gasteiger partial charge is 0.336 e. The van der Waals surface area contributed by atoms with Crippen molar-refractivity contribution in [3.63, 3.8) is 0 Å². The van der Waals surface area contributed by atoms with Gasteiger partial charge in [-0.05, 0) is 48.7 Å². The van der Waals surface area contributed by atoms with E-state index in [4.69, 9.17) is 18.6 Å². The third-order valence-electron chi connectivity index (χ3n) is 4.78. The highest BCUT2D eigenvalue weighted by molar-refractivity contribution is 5.83. The average molecular weight is 411 g/mol. The summed E-state index contributed by atoms with van der Waals surface area (Å²) in [7, 11) is 3.13. The van der Waals surface area contributed by atoms with Gasteiger partial charge in [-0.2, -0.15) is 0 Å². The summed E-state index contributed by atoms with van der Waals surface area (Å²) in [5.41, 5.74) is 1.81. The number of amides is 1. The Bertz CT molecular complexity index is 1100. The minimum Gasteiger partial charge on any atom is -0.493 e. The number of nitrogens with one attached hydrogen (secondary N) is 1. The van der Waals surface area contributed by atoms with E-state index in [0.717, 1.165) is 22.9 Å². The van der Waals surface area contributed by atoms with Gasteiger partial charge in [-0.1, -0.05) is 13.0 Å². The van der Waals surface area contributed by atoms with Gasteiger partial charge in [-0.15, -0.1) is 0 Å². The molecule has 0 unspecified atom stereocenters. The number of fused-ring (bicyclic) bond motifs is 1. The van der Waals surface area contributed by atoms with Crippen LogP contribution >= 0.6 is 0 Å². The van der Waals surface area contributed by atoms with Crippen LogP contribution in [0.5, 0.6) is 17.2 Å². The Morgan fingerprint density at radius 2 is 1.83 bits per heavy atom. The van der Waals surface area contributed by atoms with Crippen LogP contribution in [-0.4, -0.2) is 26.2 Å². The van der Waals surface area contributed by atoms with Crippen molar-refractivity contribution in [1.82, 2.24) is 5.32 Å². The fraction of sp³-hybridized carbons (Fsp3) is 0.304. The Morgan fingerprint density at radius 3 is 2.53 bits per heavy atom. The second-order valence-electron chi connectivity index (χ2n) is 6.77. The molecular weight excluding hydrogens is 386 g/mol. The second-order valence-corrected chi connectivity index (χ2v) is 6.77. The zero-order valence-electron chi connectivity index (χ0n) is 17.5. The quantitative estimate of drug-likeness (QED) is 0.571. The molecule has 0 saturated carbocycles. The first-order valence-corrected chi connectivity index (χ1v) is 9.67. The van der Waals surface area contributed by atoms with E-state index >= 15 is 0 Å². The first-order chi connectivity index (χ1) is 14.4. The average Bonchev–Trinajstić information content (AvgIpc) is 2.76. The van der Waals surface area contributed by atoms with E-state index in [1.54, 1.807) is 45.4 Å². The third kappa shape index (κ3) is 4.74. The van der Waals surface area contributed by atoms with Gasteiger partial charge >= 0.3 is 5.63 Å². The van der Waals surface area contributed by atoms with Crippen LogP contribution in [-0.2, 0) is 17.8 Å². The van der Waals surface area contributed by atoms with Crippen molar-refractivity contribution in [2.24, 2.45) is 0 Å². The number of rotatable bonds is 8. The van der Waals surface area contributed by atoms with E-state index in [0.29, 0.717) is 29.4 Å². The summed E-state index contributed by atoms with van der Waals surface area (Å²) < 4.78 is 21.5. The van der Waals surface area contributed by atoms with Crippen molar-refractivity contribution in [2.45, 2.75) is 32.9 Å². The number of hydrogen-bond donors (Lipinski definition) is 1. The van der Waals surface area contributed by atoms with Crippen LogP contribution in [0.1, 0.15) is 25.0 Å². The van der Waals surface area contributed by atoms with E-state index in [-0.39, 0.29) is 5.91 Å². The Kier molecular flexibility index (Phi) is 6.61. The van der Waals surface area contributed by atoms with Gasteiger partial charge < -0.3 is 23.9 Å². The van der Waals surface area contributed by atoms with Gasteiger partial charge in [0, 0.05) is 24.1 Å². The molecule has 0 fully saturated rings. The maximum atomic E-state index is 12.5. The molecular formula is C23H25NO6. The number of ether oxygens (including phenoxy) is 3. The molecule has 0 spiro atoms. The van der Waals surface area contributed by atoms with Gasteiger partial charge in [-0.3, -0.25) is 4.79 Å². The summed E-state index contributed by atoms with van der Waals surface area (Å²) in [5.74, 6) is 1.40. The monoisotopic (exact) mass is 411 g/mol. The number of aryl methyl sites for hydroxylation is 1. The van der Waals surface area contributed by atoms with Crippen LogP contribution in [0, 0.1) is 0 Å². The fourth-order valence-corrected chi connectivity index (χ4v) is 3.16. The maximum absolute atomic E-state index is 12.5. The molecule has 3 aromatic rings. The molecule has 0 saturated heterocycles. The molecule has 0 radical (unpaired) electrons. The van der Waals surface area contributed by atoms with Crippen molar-refractivity contribution in [2.75, 3.05) is 14.2 Å². The molecule has 30 heavy (non-hydrogen) atoms. The Balaban J connectivity index is 1.66. The summed E-state index contributed by atoms with van der Waals surface area (Å²) in [6.45, 7) is 3.95. The first-order valence-electron chi connectivity index (χ1n) is 9.67. The van der Waals surface area contributed by atoms with Crippen LogP contribution in [0.3, 0.4) is 0 Å². The van der Waals surface area contributed by atoms with Crippen LogP contribution in [0.2, 0.25) is 0 Å². The molecule has 1 N–H and O–H groups in total. The van der Waals surface area contributed by atoms with Gasteiger partial charge in [0.05, 0.1) is 14.2 Å². The number of benzene rings is 2. The Hall–Kier alpha value is -3.48. The lowest BCUT2D eigenvalue weighted by atomic mass is 10.1. The predicted molar refractivity (Wildman–Crippen MR) is 113 cm³/mol. The molecule has 7 heteroatoms. The van der Waals surface area contributed by atoms with Gasteiger partial charge in [0.15, 0.2) is 17.6 Å². The molecule has 158 valence electrons. The second kappa shape index (κ2) is 9.35. The summed E-state index contributed by atoms with van der Waals surface area (Å²) in [4.78, 5) is 24.2. The minimum absolute atomic E-state index is 0.270. The zero-order chi connectivity index (χ0) is 21.7. The SMILES string of the molecule is CCc1cc(=O)oc2cc(O[C@@H](C)C(=O)NCc3ccc(OC)c(OC)c3)ccc12. The van der Waals surface area contributed by atoms with Gasteiger partial charge in [0.1, 0.15) is 11.3 Å². The van der Waals surface area contributed by atoms with E-state index in [1.807, 2.05) is 19.1 Å². The molecule has 0 aliphatic rings. The molecule has 0 bridgehead atoms. The fourth-order valence-electron chi connectivity index (χ4n) is 3.16. The van der Waals surface area contributed by atoms with Crippen LogP contribution < -0.4 is 25.2 Å². The molecule has 2 aromatic carbocycles. The van der Waals surface area contributed by atoms with Crippen molar-refractivity contribution in [3.05, 3.63) is 64.0 Å². The van der Waals surface area contributed by atoms with Crippen LogP contribution in [0.4, 0.5) is 0 Å². The lowest BCUT2D eigenvalue weighted by molar-refractivity contribution is -0.127. The molecule has 0 aliphatic carbocycles. The van der Waals surface area contributed by atoms with Crippen molar-refractivity contribution < 1.29 is 23.4 Å². The standard InChI is InChI=1S/C23H25NO6/c1-5-16-11-22(25)30-20-12-17(7-8-18(16)20)29-14(2)23(26)24-13-15-6-9-19(27-3)21(10-15)28-4/h6-12,14H,5,13H2,1-4H3,(H,24,26)/t14-/m0/s1. The lowest BCUT2D eigenvalue weighted by Gasteiger charge is -2.16. The highest BCUT2D eigenvalue weighted by Crippen LogP contribution is 2.27. The number of carbonyl (C=O) groups is 1. The molecule has 1 aromatic heterocycles. The minimum atomic E-state index is -0.733. The highest BCUT2D eigenvalue weighted by atomic mass is 16.5. The van der Waals surface area contributed by atoms with Crippen molar-refractivity contribution in [1.29, 1.82) is 0 Å². The number of methoxy groups -OCH3 is 2. The molecule has 3 rings (SSSR count). The maximum Gasteiger partial charge on any atom is 0.336 e. The Morgan fingerprint density at radius 1 is 1.07 bits per heavy atom. The predicted octanol–water partition coefficient (Wildman–Crippen LogP) is 3.46. The summed E-state index contributed by atoms with van der Waals surface area (Å²) in [5, 5.41) is 3.70. The number of carbonyl (C=O) groups excluding carboxylic acids is 1. The van der Waals surface area contributed by atoms with Gasteiger partial charge in [-0.25, -0.2) is 4.79 Å². The van der Waals surface area contributed by atoms with Crippen molar-refractivity contribution in [3.8, 4) is 17.2 Å². The van der Waals surface area contributed by atoms with E-state index in [2.05, 4.69) is 5.32 Å². The summed E-state index contributed by atoms with van der Waals surface area (Å²) in [6.07, 6.45) is -0.0132. The van der Waals surface area contributed by atoms with E-state index < -0.39 is 11.7 Å². The number of hydrogen-bond acceptors (Lipinski definition) is 6. The normalized spacial score (nSPS) is 11.7. The van der Waals surface area contributed by atoms with Crippen LogP contribution in [0.25, 0.3) is 11.0 Å². The van der Waals surface area contributed by atoms with E-state index in [1.165, 1.54) is 6.07 Å². The van der Waals surface area contributed by atoms with Crippen LogP contribution in [0.15, 0.2) is 51.7 Å². The molecule has 1 amide bonds. The summed E-state index contributed by atoms with van der Waals surface area (Å²) >= 11 is 0. The molecule has 7 nitrogen and oxygen atoms in total. The van der Waals surface area contributed by atoms with Gasteiger partial charge in [0.2, 0.25) is 0 Å². The molecule has 0 aliphatic heterocycles. The summed E-state index contributed by atoms with van der Waals surface area (Å²) in [6, 6.07) is 12.2. The lowest BCUT2D eigenvalue weighted by Crippen LogP contribution is -2.35. The zero-order valence-corrected chi connectivity index (χ0v) is 17.5. The molecule has 1 heterocycles. The first kappa shape index (κ1) is 21.2. The highest BCUT2D eigenvalue weighted by Gasteiger charge is 2.16. The van der Waals surface area contributed by atoms with Crippen molar-refractivity contribution >= 4 is 16.9 Å². The largest absolute Gasteiger partial charge is 0.493 e. The third-order valence-corrected chi connectivity index (χ3v) is 4.78. The van der Waals surface area contributed by atoms with E-state index in [9.17, 15) is 9.59 Å². The molecule has 1 atom stereocenters. The Labute approximate surface area is 174 Å². The topological polar surface area (TPSA) is 87.0 Å². The van der Waals surface area contributed by atoms with Gasteiger partial charge in [0.25, 0.3) is 5.91 Å².